The molecule has 7 heteroatoms. The first kappa shape index (κ1) is 37.9. The Balaban J connectivity index is -0.0000000133. The molecule has 0 aliphatic carbocycles. The van der Waals surface area contributed by atoms with Crippen LogP contribution in [-0.4, -0.2) is 28.7 Å². The summed E-state index contributed by atoms with van der Waals surface area (Å²) in [6.45, 7) is 0. The van der Waals surface area contributed by atoms with Gasteiger partial charge in [0.15, 0.2) is 6.29 Å². The predicted octanol–water partition coefficient (Wildman–Crippen LogP) is -4.54. The summed E-state index contributed by atoms with van der Waals surface area (Å²) in [6.07, 6.45) is -0.278. The van der Waals surface area contributed by atoms with Gasteiger partial charge >= 0.3 is 20.1 Å². The van der Waals surface area contributed by atoms with Crippen molar-refractivity contribution in [2.75, 3.05) is 0 Å². The van der Waals surface area contributed by atoms with Crippen molar-refractivity contribution in [2.45, 2.75) is 0 Å². The van der Waals surface area contributed by atoms with Crippen molar-refractivity contribution in [3.05, 3.63) is 0 Å². The Morgan fingerprint density at radius 1 is 1.22 bits per heavy atom. The standard InChI is InChI=1S/C2H2O3.Ir.3H2O/c3-1-2(4)5;;;;/h1H,(H,4,5);;3*1H2/q;+3;;;/p-1. The van der Waals surface area contributed by atoms with Gasteiger partial charge in [0.1, 0.15) is 5.97 Å². The molecule has 0 radical (unpaired) electrons. The summed E-state index contributed by atoms with van der Waals surface area (Å²) in [6, 6.07) is 0. The minimum absolute atomic E-state index is 0. The van der Waals surface area contributed by atoms with Crippen molar-refractivity contribution in [2.24, 2.45) is 0 Å². The van der Waals surface area contributed by atoms with Crippen molar-refractivity contribution >= 4 is 12.3 Å². The molecule has 9 heavy (non-hydrogen) atoms. The van der Waals surface area contributed by atoms with Crippen LogP contribution in [0, 0.1) is 0 Å². The van der Waals surface area contributed by atoms with Crippen LogP contribution in [0.3, 0.4) is 0 Å². The molecular weight excluding hydrogens is 312 g/mol. The molecule has 0 aromatic heterocycles. The zero-order valence-corrected chi connectivity index (χ0v) is 6.53. The Bertz CT molecular complexity index is 62.1. The Morgan fingerprint density at radius 2 is 1.33 bits per heavy atom. The SMILES string of the molecule is O.O.O.O=CC(=O)[O-].[Ir+3]. The molecular formula is C2H7IrO6+2. The van der Waals surface area contributed by atoms with Crippen LogP contribution in [0.4, 0.5) is 0 Å². The van der Waals surface area contributed by atoms with E-state index in [1.54, 1.807) is 0 Å². The zero-order chi connectivity index (χ0) is 4.28. The first-order chi connectivity index (χ1) is 2.27. The molecule has 0 saturated heterocycles. The van der Waals surface area contributed by atoms with E-state index >= 15 is 0 Å². The Hall–Kier alpha value is -0.331. The summed E-state index contributed by atoms with van der Waals surface area (Å²) in [7, 11) is 0. The van der Waals surface area contributed by atoms with Gasteiger partial charge in [0.05, 0.1) is 0 Å². The largest absolute Gasteiger partial charge is 3.00 e. The van der Waals surface area contributed by atoms with Gasteiger partial charge in [-0.05, 0) is 0 Å². The number of carbonyl (C=O) groups is 2. The van der Waals surface area contributed by atoms with E-state index in [0.29, 0.717) is 0 Å². The number of rotatable bonds is 1. The van der Waals surface area contributed by atoms with Gasteiger partial charge in [-0.2, -0.15) is 0 Å². The summed E-state index contributed by atoms with van der Waals surface area (Å²) in [5, 5.41) is 8.89. The van der Waals surface area contributed by atoms with Crippen molar-refractivity contribution in [1.82, 2.24) is 0 Å². The van der Waals surface area contributed by atoms with Gasteiger partial charge in [0, 0.05) is 0 Å². The third-order valence-electron chi connectivity index (χ3n) is 0.0962. The normalized spacial score (nSPS) is 3.56. The number of hydrogen-bond donors (Lipinski definition) is 0. The van der Waals surface area contributed by atoms with Crippen LogP contribution in [-0.2, 0) is 29.7 Å². The Labute approximate surface area is 64.1 Å². The number of aldehydes is 1. The minimum atomic E-state index is -1.68. The summed E-state index contributed by atoms with van der Waals surface area (Å²) in [5.41, 5.74) is 0. The van der Waals surface area contributed by atoms with Crippen LogP contribution in [0.25, 0.3) is 0 Å². The number of carboxylic acid groups (broad SMARTS) is 1. The van der Waals surface area contributed by atoms with E-state index in [1.807, 2.05) is 0 Å². The molecule has 0 amide bonds. The molecule has 0 rings (SSSR count). The van der Waals surface area contributed by atoms with Gasteiger partial charge in [-0.15, -0.1) is 0 Å². The third-order valence-corrected chi connectivity index (χ3v) is 0.0962. The van der Waals surface area contributed by atoms with E-state index in [4.69, 9.17) is 14.7 Å². The van der Waals surface area contributed by atoms with Gasteiger partial charge in [-0.25, -0.2) is 0 Å². The maximum atomic E-state index is 8.89. The molecule has 0 saturated carbocycles. The summed E-state index contributed by atoms with van der Waals surface area (Å²) in [5.74, 6) is -1.68. The van der Waals surface area contributed by atoms with E-state index in [2.05, 4.69) is 0 Å². The molecule has 0 bridgehead atoms. The van der Waals surface area contributed by atoms with Crippen LogP contribution in [0.5, 0.6) is 0 Å². The molecule has 6 N–H and O–H groups in total. The topological polar surface area (TPSA) is 152 Å². The number of carbonyl (C=O) groups excluding carboxylic acids is 2. The maximum Gasteiger partial charge on any atom is 3.00 e. The number of aliphatic carboxylic acids is 1. The molecule has 0 aliphatic rings. The van der Waals surface area contributed by atoms with E-state index in [0.717, 1.165) is 0 Å². The molecule has 6 nitrogen and oxygen atoms in total. The smallest absolute Gasteiger partial charge is 0.542 e. The van der Waals surface area contributed by atoms with Gasteiger partial charge in [-0.1, -0.05) is 0 Å². The van der Waals surface area contributed by atoms with Crippen LogP contribution >= 0.6 is 0 Å². The van der Waals surface area contributed by atoms with E-state index in [1.165, 1.54) is 0 Å². The first-order valence-corrected chi connectivity index (χ1v) is 0.933. The zero-order valence-electron chi connectivity index (χ0n) is 4.14. The molecule has 58 valence electrons. The molecule has 0 aromatic rings. The molecule has 0 heterocycles. The number of carboxylic acids is 1. The van der Waals surface area contributed by atoms with Crippen molar-refractivity contribution in [1.29, 1.82) is 0 Å². The van der Waals surface area contributed by atoms with Gasteiger partial charge in [0.25, 0.3) is 0 Å². The monoisotopic (exact) mass is 320 g/mol. The fourth-order valence-electron chi connectivity index (χ4n) is 0. The Kier molecular flexibility index (Phi) is 107. The van der Waals surface area contributed by atoms with Crippen LogP contribution in [0.1, 0.15) is 0 Å². The van der Waals surface area contributed by atoms with E-state index < -0.39 is 5.97 Å². The first-order valence-electron chi connectivity index (χ1n) is 0.933. The predicted molar refractivity (Wildman–Crippen MR) is 21.9 cm³/mol. The minimum Gasteiger partial charge on any atom is -0.542 e. The molecule has 0 fully saturated rings. The second-order valence-electron chi connectivity index (χ2n) is 0.437. The molecule has 0 atom stereocenters. The third kappa shape index (κ3) is 88.5. The van der Waals surface area contributed by atoms with Crippen molar-refractivity contribution < 1.29 is 51.2 Å². The second kappa shape index (κ2) is 25.3. The molecule has 0 aliphatic heterocycles. The quantitative estimate of drug-likeness (QED) is 0.353. The Morgan fingerprint density at radius 3 is 1.33 bits per heavy atom. The molecule has 0 spiro atoms. The average Bonchev–Trinajstić information content (AvgIpc) is 1.38. The van der Waals surface area contributed by atoms with Gasteiger partial charge in [0.2, 0.25) is 0 Å². The van der Waals surface area contributed by atoms with E-state index in [9.17, 15) is 0 Å². The maximum absolute atomic E-state index is 8.89. The number of hydrogen-bond acceptors (Lipinski definition) is 3. The van der Waals surface area contributed by atoms with Crippen molar-refractivity contribution in [3.63, 3.8) is 0 Å². The molecule has 0 unspecified atom stereocenters. The van der Waals surface area contributed by atoms with Crippen molar-refractivity contribution in [3.8, 4) is 0 Å². The molecule has 0 aromatic carbocycles. The summed E-state index contributed by atoms with van der Waals surface area (Å²) >= 11 is 0. The van der Waals surface area contributed by atoms with Crippen LogP contribution in [0.2, 0.25) is 0 Å². The second-order valence-corrected chi connectivity index (χ2v) is 0.437. The summed E-state index contributed by atoms with van der Waals surface area (Å²) in [4.78, 5) is 17.7. The fourth-order valence-corrected chi connectivity index (χ4v) is 0. The van der Waals surface area contributed by atoms with E-state index in [-0.39, 0.29) is 42.8 Å². The summed E-state index contributed by atoms with van der Waals surface area (Å²) < 4.78 is 0. The average molecular weight is 319 g/mol. The van der Waals surface area contributed by atoms with Crippen LogP contribution < -0.4 is 5.11 Å². The van der Waals surface area contributed by atoms with Crippen LogP contribution in [0.15, 0.2) is 0 Å². The van der Waals surface area contributed by atoms with Gasteiger partial charge < -0.3 is 26.3 Å². The fraction of sp³-hybridized carbons (Fsp3) is 0. The van der Waals surface area contributed by atoms with Gasteiger partial charge in [-0.3, -0.25) is 4.79 Å².